The average molecular weight is 1570 g/mol. The fourth-order valence-corrected chi connectivity index (χ4v) is 16.4. The lowest BCUT2D eigenvalue weighted by molar-refractivity contribution is -0.152. The quantitative estimate of drug-likeness (QED) is 0.0299. The van der Waals surface area contributed by atoms with Crippen LogP contribution in [0.3, 0.4) is 0 Å². The third-order valence-corrected chi connectivity index (χ3v) is 23.6. The molecule has 25 nitrogen and oxygen atoms in total. The van der Waals surface area contributed by atoms with E-state index < -0.39 is 95.7 Å². The Balaban J connectivity index is 0.000000394. The van der Waals surface area contributed by atoms with Crippen LogP contribution in [0.5, 0.6) is 5.75 Å². The zero-order valence-corrected chi connectivity index (χ0v) is 69.8. The highest BCUT2D eigenvalue weighted by molar-refractivity contribution is 7.10. The van der Waals surface area contributed by atoms with Crippen LogP contribution in [0.25, 0.3) is 0 Å². The van der Waals surface area contributed by atoms with Crippen LogP contribution in [-0.4, -0.2) is 210 Å². The number of Topliss-reactive ketones (excluding diaryl/α,β-unsaturated/α-hetero) is 2. The van der Waals surface area contributed by atoms with Crippen LogP contribution in [0.4, 0.5) is 0 Å². The van der Waals surface area contributed by atoms with Gasteiger partial charge in [-0.3, -0.25) is 57.7 Å². The lowest BCUT2D eigenvalue weighted by atomic mass is 9.82. The number of thiazole rings is 2. The van der Waals surface area contributed by atoms with Crippen LogP contribution < -0.4 is 15.4 Å². The standard InChI is InChI=1S/C42H64N4O9S.C41H62N4O8S/c1-10-27(4)33(23-37(48)35-13-11-12-18-45(35)7)41(50)46(19-20-53-8)36(26(2)3)24-38(55-29(6)47)40-44-34(25-56-40)39(49)43-31(21-28(5)42(51)52)22-30-14-16-32(54-9)17-15-30;1-9-27(4)32(23-36(47)34-17-13-14-18-44(34)7)40(49)45(19-20-52-8)35(26(2)3)24-37(53-29(6)46)39-43-33(25-54-39)38(48)42-31(21-28(5)41(50)51)22-30-15-11-10-12-16-30/h14-17,25-28,31,33,35-36,38H,10-13,18-24H2,1-9H3,(H,43,49)(H,51,52);10-12,15-16,25-28,31-32,34-35,37H,9,13-14,17-24H2,1-8H3,(H,42,48)(H,50,51)/t27-,28-,31+,33-,35+,36+,38+;27-,28-,31+,32-,34+,35+,37+/m00/s1. The topological polar surface area (TPSA) is 320 Å². The molecule has 2 aliphatic rings. The number of ketones is 2. The van der Waals surface area contributed by atoms with Crippen molar-refractivity contribution in [1.29, 1.82) is 0 Å². The molecule has 4 aromatic rings. The number of ether oxygens (including phenoxy) is 5. The van der Waals surface area contributed by atoms with Gasteiger partial charge in [-0.2, -0.15) is 0 Å². The summed E-state index contributed by atoms with van der Waals surface area (Å²) in [5.74, 6) is -5.95. The van der Waals surface area contributed by atoms with E-state index in [2.05, 4.69) is 30.4 Å². The number of piperidine rings is 2. The van der Waals surface area contributed by atoms with Crippen LogP contribution in [0, 0.1) is 47.3 Å². The number of hydrogen-bond acceptors (Lipinski definition) is 21. The third kappa shape index (κ3) is 29.2. The monoisotopic (exact) mass is 1570 g/mol. The SMILES string of the molecule is CC[C@H](C)[C@H](CC(=O)[C@H]1CCCCN1C)C(=O)N(CCOC)[C@H](C[C@@H](OC(C)=O)c1nc(C(=O)N[C@@H](Cc2ccc(OC)cc2)C[C@H](C)C(=O)O)cs1)C(C)C.CC[C@H](C)[C@H](CC(=O)[C@H]1CCCCN1C)C(=O)N(CCOC)[C@H](C[C@@H](OC(C)=O)c1nc(C(=O)N[C@@H](Cc2ccccc2)C[C@H](C)C(=O)O)cs1)C(C)C. The second-order valence-electron chi connectivity index (χ2n) is 30.8. The van der Waals surface area contributed by atoms with Crippen molar-refractivity contribution in [2.24, 2.45) is 47.3 Å². The van der Waals surface area contributed by atoms with Gasteiger partial charge in [-0.05, 0) is 125 Å². The summed E-state index contributed by atoms with van der Waals surface area (Å²) in [5.41, 5.74) is 2.10. The summed E-state index contributed by atoms with van der Waals surface area (Å²) in [6.45, 7) is 24.8. The largest absolute Gasteiger partial charge is 0.497 e. The highest BCUT2D eigenvalue weighted by Gasteiger charge is 2.42. The van der Waals surface area contributed by atoms with E-state index in [1.54, 1.807) is 55.7 Å². The molecule has 2 aliphatic heterocycles. The van der Waals surface area contributed by atoms with E-state index in [4.69, 9.17) is 23.7 Å². The number of aromatic nitrogens is 2. The maximum absolute atomic E-state index is 14.7. The zero-order valence-electron chi connectivity index (χ0n) is 68.2. The van der Waals surface area contributed by atoms with Crippen LogP contribution in [0.1, 0.15) is 227 Å². The number of methoxy groups -OCH3 is 3. The molecule has 0 unspecified atom stereocenters. The van der Waals surface area contributed by atoms with Crippen LogP contribution >= 0.6 is 22.7 Å². The van der Waals surface area contributed by atoms with Crippen molar-refractivity contribution in [3.63, 3.8) is 0 Å². The minimum Gasteiger partial charge on any atom is -0.497 e. The van der Waals surface area contributed by atoms with E-state index in [9.17, 15) is 58.2 Å². The number of hydrogen-bond donors (Lipinski definition) is 4. The second-order valence-corrected chi connectivity index (χ2v) is 32.6. The van der Waals surface area contributed by atoms with Crippen molar-refractivity contribution < 1.29 is 81.8 Å². The molecule has 612 valence electrons. The molecule has 0 spiro atoms. The summed E-state index contributed by atoms with van der Waals surface area (Å²) in [6.07, 6.45) is 7.43. The Kier molecular flexibility index (Phi) is 39.8. The summed E-state index contributed by atoms with van der Waals surface area (Å²) < 4.78 is 27.9. The van der Waals surface area contributed by atoms with Crippen LogP contribution in [0.2, 0.25) is 0 Å². The van der Waals surface area contributed by atoms with Crippen molar-refractivity contribution in [2.45, 2.75) is 234 Å². The summed E-state index contributed by atoms with van der Waals surface area (Å²) >= 11 is 2.37. The number of carboxylic acids is 2. The first-order chi connectivity index (χ1) is 52.2. The lowest BCUT2D eigenvalue weighted by Crippen LogP contribution is -2.50. The Morgan fingerprint density at radius 1 is 0.545 bits per heavy atom. The first kappa shape index (κ1) is 93.0. The molecule has 6 rings (SSSR count). The zero-order chi connectivity index (χ0) is 81.5. The smallest absolute Gasteiger partial charge is 0.306 e. The van der Waals surface area contributed by atoms with Gasteiger partial charge in [0.1, 0.15) is 27.2 Å². The number of benzene rings is 2. The summed E-state index contributed by atoms with van der Waals surface area (Å²) in [5, 5.41) is 29.2. The minimum absolute atomic E-state index is 0.0401. The number of carbonyl (C=O) groups excluding carboxylic acids is 8. The fourth-order valence-electron chi connectivity index (χ4n) is 14.7. The Hall–Kier alpha value is -7.56. The van der Waals surface area contributed by atoms with E-state index in [1.165, 1.54) is 36.5 Å². The number of carbonyl (C=O) groups is 10. The molecule has 0 radical (unpaired) electrons. The molecule has 4 heterocycles. The maximum atomic E-state index is 14.7. The number of esters is 2. The summed E-state index contributed by atoms with van der Waals surface area (Å²) in [6, 6.07) is 14.7. The van der Waals surface area contributed by atoms with Gasteiger partial charge in [0, 0.05) is 114 Å². The van der Waals surface area contributed by atoms with E-state index in [0.717, 1.165) is 75.6 Å². The van der Waals surface area contributed by atoms with Crippen LogP contribution in [-0.2, 0) is 70.1 Å². The van der Waals surface area contributed by atoms with E-state index in [1.807, 2.05) is 124 Å². The number of rotatable bonds is 45. The number of likely N-dealkylation sites (N-methyl/N-ethyl adjacent to an activating group) is 2. The number of likely N-dealkylation sites (tertiary alicyclic amines) is 2. The average Bonchev–Trinajstić information content (AvgIpc) is 1.26. The highest BCUT2D eigenvalue weighted by Crippen LogP contribution is 2.37. The van der Waals surface area contributed by atoms with Gasteiger partial charge < -0.3 is 54.3 Å². The highest BCUT2D eigenvalue weighted by atomic mass is 32.1. The third-order valence-electron chi connectivity index (χ3n) is 21.7. The fraction of sp³-hybridized carbons (Fsp3) is 0.663. The Bertz CT molecular complexity index is 3550. The first-order valence-electron chi connectivity index (χ1n) is 39.3. The Morgan fingerprint density at radius 3 is 1.25 bits per heavy atom. The molecule has 4 amide bonds. The maximum Gasteiger partial charge on any atom is 0.306 e. The number of nitrogens with zero attached hydrogens (tertiary/aromatic N) is 6. The predicted molar refractivity (Wildman–Crippen MR) is 425 cm³/mol. The molecule has 0 bridgehead atoms. The molecular weight excluding hydrogens is 1450 g/mol. The Morgan fingerprint density at radius 2 is 0.927 bits per heavy atom. The molecule has 2 saturated heterocycles. The molecule has 2 fully saturated rings. The summed E-state index contributed by atoms with van der Waals surface area (Å²) in [4.78, 5) is 150. The van der Waals surface area contributed by atoms with Crippen molar-refractivity contribution in [2.75, 3.05) is 74.8 Å². The minimum atomic E-state index is -0.962. The second kappa shape index (κ2) is 47.1. The van der Waals surface area contributed by atoms with E-state index in [-0.39, 0.29) is 129 Å². The van der Waals surface area contributed by atoms with Gasteiger partial charge >= 0.3 is 23.9 Å². The Labute approximate surface area is 660 Å². The van der Waals surface area contributed by atoms with E-state index >= 15 is 0 Å². The number of carboxylic acid groups (broad SMARTS) is 2. The van der Waals surface area contributed by atoms with Gasteiger partial charge in [0.25, 0.3) is 11.8 Å². The van der Waals surface area contributed by atoms with Gasteiger partial charge in [0.15, 0.2) is 23.8 Å². The van der Waals surface area contributed by atoms with Gasteiger partial charge in [0.05, 0.1) is 44.2 Å². The first-order valence-corrected chi connectivity index (χ1v) is 41.1. The molecule has 2 aromatic heterocycles. The lowest BCUT2D eigenvalue weighted by Gasteiger charge is -2.39. The molecule has 0 aliphatic carbocycles. The molecule has 4 N–H and O–H groups in total. The van der Waals surface area contributed by atoms with Crippen molar-refractivity contribution in [3.8, 4) is 5.75 Å². The van der Waals surface area contributed by atoms with Crippen LogP contribution in [0.15, 0.2) is 65.4 Å². The van der Waals surface area contributed by atoms with Crippen molar-refractivity contribution >= 4 is 81.7 Å². The van der Waals surface area contributed by atoms with Crippen molar-refractivity contribution in [1.82, 2.24) is 40.2 Å². The van der Waals surface area contributed by atoms with E-state index in [0.29, 0.717) is 35.2 Å². The molecule has 2 aromatic carbocycles. The predicted octanol–water partition coefficient (Wildman–Crippen LogP) is 12.4. The normalized spacial score (nSPS) is 18.1. The molecule has 0 saturated carbocycles. The summed E-state index contributed by atoms with van der Waals surface area (Å²) in [7, 11) is 8.69. The van der Waals surface area contributed by atoms with Gasteiger partial charge in [-0.1, -0.05) is 137 Å². The molecule has 14 atom stereocenters. The molecule has 110 heavy (non-hydrogen) atoms. The molecular formula is C83H126N8O17S2. The number of amides is 4. The van der Waals surface area contributed by atoms with Gasteiger partial charge in [0.2, 0.25) is 11.8 Å². The van der Waals surface area contributed by atoms with Crippen molar-refractivity contribution in [3.05, 3.63) is 97.9 Å². The number of aliphatic carboxylic acids is 2. The number of nitrogens with one attached hydrogen (secondary N) is 2. The van der Waals surface area contributed by atoms with Gasteiger partial charge in [-0.15, -0.1) is 22.7 Å². The molecule has 27 heteroatoms. The van der Waals surface area contributed by atoms with Gasteiger partial charge in [-0.25, -0.2) is 9.97 Å².